The number of aromatic nitrogens is 1. The van der Waals surface area contributed by atoms with Crippen molar-refractivity contribution in [3.63, 3.8) is 0 Å². The van der Waals surface area contributed by atoms with Gasteiger partial charge in [0.05, 0.1) is 11.6 Å². The number of aliphatic hydroxyl groups is 1. The number of nitrogens with zero attached hydrogens (tertiary/aromatic N) is 3. The van der Waals surface area contributed by atoms with Crippen molar-refractivity contribution < 1.29 is 19.0 Å². The third-order valence-corrected chi connectivity index (χ3v) is 5.34. The van der Waals surface area contributed by atoms with Gasteiger partial charge in [-0.05, 0) is 42.7 Å². The molecule has 1 fully saturated rings. The molecule has 0 atom stereocenters. The van der Waals surface area contributed by atoms with Crippen molar-refractivity contribution >= 4 is 17.5 Å². The summed E-state index contributed by atoms with van der Waals surface area (Å²) in [6.45, 7) is 6.69. The van der Waals surface area contributed by atoms with E-state index in [4.69, 9.17) is 16.3 Å². The Morgan fingerprint density at radius 2 is 1.90 bits per heavy atom. The molecule has 1 amide bonds. The van der Waals surface area contributed by atoms with Gasteiger partial charge in [0.15, 0.2) is 6.61 Å². The summed E-state index contributed by atoms with van der Waals surface area (Å²) in [4.78, 5) is 20.5. The van der Waals surface area contributed by atoms with E-state index in [1.165, 1.54) is 6.20 Å². The Labute approximate surface area is 174 Å². The maximum absolute atomic E-state index is 13.6. The summed E-state index contributed by atoms with van der Waals surface area (Å²) >= 11 is 5.85. The first-order chi connectivity index (χ1) is 13.9. The standard InChI is InChI=1S/C21H25ClFN3O3/c1-14-8-19(23)15(2)7-16(14)11-25-3-5-26(6-4-25)20(28)13-29-21-17(12-27)9-18(22)10-24-21/h7-10,27H,3-6,11-13H2,1-2H3. The van der Waals surface area contributed by atoms with E-state index < -0.39 is 0 Å². The molecule has 156 valence electrons. The molecule has 1 saturated heterocycles. The molecule has 0 unspecified atom stereocenters. The summed E-state index contributed by atoms with van der Waals surface area (Å²) in [6, 6.07) is 5.04. The highest BCUT2D eigenvalue weighted by molar-refractivity contribution is 6.30. The van der Waals surface area contributed by atoms with Crippen LogP contribution < -0.4 is 4.74 Å². The number of aryl methyl sites for hydroxylation is 2. The molecule has 29 heavy (non-hydrogen) atoms. The number of rotatable bonds is 6. The lowest BCUT2D eigenvalue weighted by atomic mass is 10.0. The molecular weight excluding hydrogens is 397 g/mol. The van der Waals surface area contributed by atoms with Crippen LogP contribution in [0.1, 0.15) is 22.3 Å². The maximum Gasteiger partial charge on any atom is 0.260 e. The Bertz CT molecular complexity index is 886. The zero-order chi connectivity index (χ0) is 21.0. The molecule has 0 aliphatic carbocycles. The van der Waals surface area contributed by atoms with Crippen LogP contribution in [0.15, 0.2) is 24.4 Å². The minimum atomic E-state index is -0.266. The van der Waals surface area contributed by atoms with E-state index in [2.05, 4.69) is 9.88 Å². The maximum atomic E-state index is 13.6. The van der Waals surface area contributed by atoms with Crippen LogP contribution in [0, 0.1) is 19.7 Å². The summed E-state index contributed by atoms with van der Waals surface area (Å²) in [5, 5.41) is 9.76. The number of amides is 1. The minimum absolute atomic E-state index is 0.126. The highest BCUT2D eigenvalue weighted by Gasteiger charge is 2.22. The normalized spacial score (nSPS) is 14.9. The predicted octanol–water partition coefficient (Wildman–Crippen LogP) is 2.71. The molecule has 0 bridgehead atoms. The van der Waals surface area contributed by atoms with Gasteiger partial charge in [0, 0.05) is 44.5 Å². The molecule has 0 saturated carbocycles. The van der Waals surface area contributed by atoms with Crippen molar-refractivity contribution in [2.24, 2.45) is 0 Å². The van der Waals surface area contributed by atoms with E-state index in [1.54, 1.807) is 24.0 Å². The van der Waals surface area contributed by atoms with E-state index in [1.807, 2.05) is 13.0 Å². The fraction of sp³-hybridized carbons (Fsp3) is 0.429. The summed E-state index contributed by atoms with van der Waals surface area (Å²) in [7, 11) is 0. The highest BCUT2D eigenvalue weighted by Crippen LogP contribution is 2.20. The van der Waals surface area contributed by atoms with E-state index in [0.717, 1.165) is 30.8 Å². The lowest BCUT2D eigenvalue weighted by molar-refractivity contribution is -0.135. The van der Waals surface area contributed by atoms with Crippen LogP contribution in [-0.2, 0) is 17.9 Å². The number of aliphatic hydroxyl groups excluding tert-OH is 1. The second kappa shape index (κ2) is 9.52. The third-order valence-electron chi connectivity index (χ3n) is 5.13. The number of benzene rings is 1. The number of hydrogen-bond acceptors (Lipinski definition) is 5. The number of piperazine rings is 1. The van der Waals surface area contributed by atoms with E-state index >= 15 is 0 Å². The number of ether oxygens (including phenoxy) is 1. The Hall–Kier alpha value is -2.22. The fourth-order valence-electron chi connectivity index (χ4n) is 3.34. The fourth-order valence-corrected chi connectivity index (χ4v) is 3.52. The predicted molar refractivity (Wildman–Crippen MR) is 108 cm³/mol. The van der Waals surface area contributed by atoms with Crippen LogP contribution in [0.2, 0.25) is 5.02 Å². The molecule has 2 heterocycles. The lowest BCUT2D eigenvalue weighted by Gasteiger charge is -2.35. The third kappa shape index (κ3) is 5.44. The average molecular weight is 422 g/mol. The Balaban J connectivity index is 1.50. The Morgan fingerprint density at radius 3 is 2.59 bits per heavy atom. The Kier molecular flexibility index (Phi) is 7.05. The van der Waals surface area contributed by atoms with Crippen molar-refractivity contribution in [3.8, 4) is 5.88 Å². The molecule has 0 spiro atoms. The van der Waals surface area contributed by atoms with E-state index in [-0.39, 0.29) is 30.8 Å². The first kappa shape index (κ1) is 21.5. The summed E-state index contributed by atoms with van der Waals surface area (Å²) < 4.78 is 19.1. The molecule has 1 N–H and O–H groups in total. The van der Waals surface area contributed by atoms with Gasteiger partial charge in [-0.25, -0.2) is 9.37 Å². The van der Waals surface area contributed by atoms with Crippen molar-refractivity contribution in [2.75, 3.05) is 32.8 Å². The molecular formula is C21H25ClFN3O3. The lowest BCUT2D eigenvalue weighted by Crippen LogP contribution is -2.49. The molecule has 0 radical (unpaired) electrons. The van der Waals surface area contributed by atoms with Crippen LogP contribution in [0.4, 0.5) is 4.39 Å². The van der Waals surface area contributed by atoms with Gasteiger partial charge in [-0.3, -0.25) is 9.69 Å². The molecule has 1 aromatic heterocycles. The zero-order valence-corrected chi connectivity index (χ0v) is 17.4. The number of hydrogen-bond donors (Lipinski definition) is 1. The number of halogens is 2. The summed E-state index contributed by atoms with van der Waals surface area (Å²) in [6.07, 6.45) is 1.42. The second-order valence-corrected chi connectivity index (χ2v) is 7.69. The second-order valence-electron chi connectivity index (χ2n) is 7.25. The molecule has 1 aliphatic rings. The minimum Gasteiger partial charge on any atom is -0.467 e. The van der Waals surface area contributed by atoms with Crippen molar-refractivity contribution in [2.45, 2.75) is 27.0 Å². The van der Waals surface area contributed by atoms with Crippen LogP contribution in [0.5, 0.6) is 5.88 Å². The van der Waals surface area contributed by atoms with Crippen molar-refractivity contribution in [1.82, 2.24) is 14.8 Å². The monoisotopic (exact) mass is 421 g/mol. The highest BCUT2D eigenvalue weighted by atomic mass is 35.5. The Morgan fingerprint density at radius 1 is 1.17 bits per heavy atom. The van der Waals surface area contributed by atoms with Crippen molar-refractivity contribution in [3.05, 3.63) is 57.5 Å². The van der Waals surface area contributed by atoms with Crippen LogP contribution in [0.25, 0.3) is 0 Å². The quantitative estimate of drug-likeness (QED) is 0.776. The zero-order valence-electron chi connectivity index (χ0n) is 16.6. The van der Waals surface area contributed by atoms with Gasteiger partial charge in [-0.15, -0.1) is 0 Å². The van der Waals surface area contributed by atoms with Crippen LogP contribution in [0.3, 0.4) is 0 Å². The van der Waals surface area contributed by atoms with Crippen LogP contribution >= 0.6 is 11.6 Å². The first-order valence-electron chi connectivity index (χ1n) is 9.51. The van der Waals surface area contributed by atoms with Gasteiger partial charge >= 0.3 is 0 Å². The average Bonchev–Trinajstić information content (AvgIpc) is 2.71. The molecule has 1 aromatic carbocycles. The van der Waals surface area contributed by atoms with Gasteiger partial charge in [-0.2, -0.15) is 0 Å². The number of carbonyl (C=O) groups is 1. The van der Waals surface area contributed by atoms with Gasteiger partial charge in [-0.1, -0.05) is 17.7 Å². The number of carbonyl (C=O) groups excluding carboxylic acids is 1. The largest absolute Gasteiger partial charge is 0.467 e. The summed E-state index contributed by atoms with van der Waals surface area (Å²) in [5.74, 6) is -0.0914. The summed E-state index contributed by atoms with van der Waals surface area (Å²) in [5.41, 5.74) is 3.14. The molecule has 8 heteroatoms. The SMILES string of the molecule is Cc1cc(CN2CCN(C(=O)COc3ncc(Cl)cc3CO)CC2)c(C)cc1F. The van der Waals surface area contributed by atoms with Gasteiger partial charge in [0.1, 0.15) is 5.82 Å². The molecule has 3 rings (SSSR count). The number of pyridine rings is 1. The van der Waals surface area contributed by atoms with Gasteiger partial charge in [0.2, 0.25) is 5.88 Å². The van der Waals surface area contributed by atoms with Gasteiger partial charge < -0.3 is 14.7 Å². The van der Waals surface area contributed by atoms with Crippen molar-refractivity contribution in [1.29, 1.82) is 0 Å². The van der Waals surface area contributed by atoms with E-state index in [9.17, 15) is 14.3 Å². The van der Waals surface area contributed by atoms with Crippen LogP contribution in [-0.4, -0.2) is 58.6 Å². The van der Waals surface area contributed by atoms with E-state index in [0.29, 0.717) is 29.2 Å². The molecule has 1 aliphatic heterocycles. The smallest absolute Gasteiger partial charge is 0.260 e. The van der Waals surface area contributed by atoms with Gasteiger partial charge in [0.25, 0.3) is 5.91 Å². The molecule has 6 nitrogen and oxygen atoms in total. The topological polar surface area (TPSA) is 65.9 Å². The first-order valence-corrected chi connectivity index (χ1v) is 9.89. The molecule has 2 aromatic rings.